The third-order valence-corrected chi connectivity index (χ3v) is 8.09. The molecular formula is C23H28O6P2. The van der Waals surface area contributed by atoms with E-state index in [0.29, 0.717) is 26.4 Å². The summed E-state index contributed by atoms with van der Waals surface area (Å²) in [5.74, 6) is 1.85. The van der Waals surface area contributed by atoms with E-state index in [2.05, 4.69) is 58.9 Å². The predicted molar refractivity (Wildman–Crippen MR) is 121 cm³/mol. The van der Waals surface area contributed by atoms with Gasteiger partial charge in [0, 0.05) is 17.0 Å². The molecule has 0 atom stereocenters. The Balaban J connectivity index is 1.51. The van der Waals surface area contributed by atoms with E-state index in [-0.39, 0.29) is 11.3 Å². The second kappa shape index (κ2) is 8.26. The van der Waals surface area contributed by atoms with Gasteiger partial charge in [-0.05, 0) is 38.8 Å². The molecule has 2 bridgehead atoms. The van der Waals surface area contributed by atoms with E-state index in [0.717, 1.165) is 33.8 Å². The minimum atomic E-state index is -1.67. The van der Waals surface area contributed by atoms with E-state index in [1.165, 1.54) is 11.1 Å². The Morgan fingerprint density at radius 1 is 0.839 bits per heavy atom. The maximum atomic E-state index is 6.43. The molecule has 0 amide bonds. The number of rotatable bonds is 3. The summed E-state index contributed by atoms with van der Waals surface area (Å²) in [6.45, 7) is 12.7. The first kappa shape index (κ1) is 21.6. The van der Waals surface area contributed by atoms with Crippen LogP contribution in [-0.4, -0.2) is 26.4 Å². The average molecular weight is 462 g/mol. The number of hydrogen-bond donors (Lipinski definition) is 0. The molecule has 3 saturated heterocycles. The minimum absolute atomic E-state index is 0.143. The van der Waals surface area contributed by atoms with Crippen LogP contribution in [0.2, 0.25) is 0 Å². The molecule has 0 spiro atoms. The Kier molecular flexibility index (Phi) is 5.75. The number of benzene rings is 2. The topological polar surface area (TPSA) is 55.4 Å². The van der Waals surface area contributed by atoms with Gasteiger partial charge in [0.05, 0.1) is 31.8 Å². The Hall–Kier alpha value is -1.26. The second-order valence-corrected chi connectivity index (χ2v) is 11.2. The fourth-order valence-corrected chi connectivity index (χ4v) is 7.06. The van der Waals surface area contributed by atoms with Crippen LogP contribution >= 0.6 is 17.2 Å². The van der Waals surface area contributed by atoms with Crippen molar-refractivity contribution in [1.29, 1.82) is 0 Å². The largest absolute Gasteiger partial charge is 0.463 e. The van der Waals surface area contributed by atoms with Crippen molar-refractivity contribution in [2.75, 3.05) is 26.4 Å². The Bertz CT molecular complexity index is 927. The lowest BCUT2D eigenvalue weighted by Crippen LogP contribution is -2.46. The van der Waals surface area contributed by atoms with Crippen molar-refractivity contribution in [2.24, 2.45) is 5.41 Å². The van der Waals surface area contributed by atoms with Crippen molar-refractivity contribution < 1.29 is 27.1 Å². The van der Waals surface area contributed by atoms with Gasteiger partial charge in [0.2, 0.25) is 0 Å². The van der Waals surface area contributed by atoms with Crippen molar-refractivity contribution in [3.63, 3.8) is 0 Å². The fourth-order valence-electron chi connectivity index (χ4n) is 4.38. The van der Waals surface area contributed by atoms with Crippen LogP contribution in [0, 0.1) is 33.1 Å². The zero-order valence-electron chi connectivity index (χ0n) is 18.6. The van der Waals surface area contributed by atoms with Gasteiger partial charge in [-0.3, -0.25) is 4.52 Å². The van der Waals surface area contributed by atoms with E-state index in [1.54, 1.807) is 0 Å². The van der Waals surface area contributed by atoms with Gasteiger partial charge in [-0.15, -0.1) is 0 Å². The third-order valence-electron chi connectivity index (χ3n) is 6.06. The molecule has 0 aliphatic carbocycles. The Labute approximate surface area is 186 Å². The van der Waals surface area contributed by atoms with Crippen molar-refractivity contribution in [3.05, 3.63) is 57.6 Å². The van der Waals surface area contributed by atoms with Gasteiger partial charge in [0.15, 0.2) is 0 Å². The van der Waals surface area contributed by atoms with Crippen LogP contribution in [0.15, 0.2) is 24.3 Å². The van der Waals surface area contributed by atoms with Crippen molar-refractivity contribution >= 4 is 17.2 Å². The molecule has 0 N–H and O–H groups in total. The summed E-state index contributed by atoms with van der Waals surface area (Å²) in [6, 6.07) is 8.71. The van der Waals surface area contributed by atoms with Gasteiger partial charge in [-0.1, -0.05) is 42.3 Å². The van der Waals surface area contributed by atoms with Crippen LogP contribution < -0.4 is 9.05 Å². The summed E-state index contributed by atoms with van der Waals surface area (Å²) in [4.78, 5) is 0. The Morgan fingerprint density at radius 3 is 1.81 bits per heavy atom. The smallest absolute Gasteiger partial charge is 0.417 e. The van der Waals surface area contributed by atoms with Crippen molar-refractivity contribution in [2.45, 2.75) is 40.5 Å². The number of hydrogen-bond acceptors (Lipinski definition) is 6. The van der Waals surface area contributed by atoms with Crippen LogP contribution in [0.3, 0.4) is 0 Å². The maximum Gasteiger partial charge on any atom is 0.463 e. The lowest BCUT2D eigenvalue weighted by atomic mass is 9.87. The zero-order valence-corrected chi connectivity index (χ0v) is 20.3. The van der Waals surface area contributed by atoms with Gasteiger partial charge in [-0.25, -0.2) is 0 Å². The highest BCUT2D eigenvalue weighted by atomic mass is 31.2. The summed E-state index contributed by atoms with van der Waals surface area (Å²) in [7, 11) is -2.84. The van der Waals surface area contributed by atoms with Gasteiger partial charge in [0.1, 0.15) is 11.5 Å². The molecule has 4 aliphatic rings. The quantitative estimate of drug-likeness (QED) is 0.494. The molecule has 0 aromatic heterocycles. The predicted octanol–water partition coefficient (Wildman–Crippen LogP) is 6.38. The first-order chi connectivity index (χ1) is 14.8. The lowest BCUT2D eigenvalue weighted by molar-refractivity contribution is -0.0926. The molecule has 4 heterocycles. The van der Waals surface area contributed by atoms with Crippen LogP contribution in [0.1, 0.15) is 46.2 Å². The van der Waals surface area contributed by atoms with Gasteiger partial charge in [0.25, 0.3) is 0 Å². The molecule has 0 radical (unpaired) electrons. The normalized spacial score (nSPS) is 29.3. The van der Waals surface area contributed by atoms with Gasteiger partial charge < -0.3 is 22.6 Å². The van der Waals surface area contributed by atoms with E-state index < -0.39 is 17.2 Å². The van der Waals surface area contributed by atoms with Crippen molar-refractivity contribution in [3.8, 4) is 11.5 Å². The number of fused-ring (bicyclic) bond motifs is 5. The van der Waals surface area contributed by atoms with Gasteiger partial charge >= 0.3 is 17.2 Å². The highest BCUT2D eigenvalue weighted by Crippen LogP contribution is 2.56. The lowest BCUT2D eigenvalue weighted by Gasteiger charge is -2.43. The minimum Gasteiger partial charge on any atom is -0.417 e. The molecular weight excluding hydrogens is 434 g/mol. The second-order valence-electron chi connectivity index (χ2n) is 8.95. The first-order valence-corrected chi connectivity index (χ1v) is 12.7. The molecule has 0 saturated carbocycles. The highest BCUT2D eigenvalue weighted by Gasteiger charge is 2.46. The van der Waals surface area contributed by atoms with Crippen molar-refractivity contribution in [1.82, 2.24) is 0 Å². The standard InChI is InChI=1S/C23H28O6P2/c1-14-6-16(3)21-19(8-14)18(5)20-9-15(2)7-17(4)22(20)29-31(28-21)27-13-23-10-24-30(25-11-23)26-12-23/h6-9,18H,10-13H2,1-5H3. The number of aryl methyl sites for hydroxylation is 4. The van der Waals surface area contributed by atoms with E-state index in [4.69, 9.17) is 27.1 Å². The summed E-state index contributed by atoms with van der Waals surface area (Å²) in [5, 5.41) is 0. The molecule has 3 fully saturated rings. The summed E-state index contributed by atoms with van der Waals surface area (Å²) >= 11 is 0. The molecule has 8 heteroatoms. The SMILES string of the molecule is Cc1cc(C)c2c(c1)C(C)c1cc(C)cc(C)c1OP(OCC13COP(OC1)OC3)O2. The molecule has 6 rings (SSSR count). The Morgan fingerprint density at radius 2 is 1.32 bits per heavy atom. The van der Waals surface area contributed by atoms with Crippen LogP contribution in [0.25, 0.3) is 0 Å². The molecule has 2 aromatic rings. The van der Waals surface area contributed by atoms with Crippen LogP contribution in [0.5, 0.6) is 11.5 Å². The monoisotopic (exact) mass is 462 g/mol. The molecule has 6 nitrogen and oxygen atoms in total. The van der Waals surface area contributed by atoms with Crippen LogP contribution in [0.4, 0.5) is 0 Å². The fraction of sp³-hybridized carbons (Fsp3) is 0.478. The first-order valence-electron chi connectivity index (χ1n) is 10.5. The summed E-state index contributed by atoms with van der Waals surface area (Å²) < 4.78 is 36.0. The maximum absolute atomic E-state index is 6.43. The zero-order chi connectivity index (χ0) is 21.8. The molecule has 31 heavy (non-hydrogen) atoms. The third kappa shape index (κ3) is 4.11. The molecule has 2 aromatic carbocycles. The van der Waals surface area contributed by atoms with E-state index >= 15 is 0 Å². The molecule has 4 aliphatic heterocycles. The van der Waals surface area contributed by atoms with Crippen LogP contribution in [-0.2, 0) is 18.1 Å². The average Bonchev–Trinajstić information content (AvgIpc) is 2.75. The van der Waals surface area contributed by atoms with E-state index in [1.807, 2.05) is 0 Å². The molecule has 0 unspecified atom stereocenters. The molecule has 166 valence electrons. The highest BCUT2D eigenvalue weighted by molar-refractivity contribution is 7.42. The van der Waals surface area contributed by atoms with E-state index in [9.17, 15) is 0 Å². The summed E-state index contributed by atoms with van der Waals surface area (Å²) in [5.41, 5.74) is 6.62. The summed E-state index contributed by atoms with van der Waals surface area (Å²) in [6.07, 6.45) is 0. The van der Waals surface area contributed by atoms with Gasteiger partial charge in [-0.2, -0.15) is 0 Å².